The summed E-state index contributed by atoms with van der Waals surface area (Å²) in [6.07, 6.45) is 0. The van der Waals surface area contributed by atoms with E-state index in [1.54, 1.807) is 0 Å². The molecule has 0 saturated heterocycles. The first kappa shape index (κ1) is 11.5. The first-order chi connectivity index (χ1) is 8.93. The molecule has 0 bridgehead atoms. The summed E-state index contributed by atoms with van der Waals surface area (Å²) in [5.41, 5.74) is 1.44. The summed E-state index contributed by atoms with van der Waals surface area (Å²) >= 11 is 0.502. The van der Waals surface area contributed by atoms with E-state index in [9.17, 15) is 0 Å². The van der Waals surface area contributed by atoms with Gasteiger partial charge in [0.15, 0.2) is 0 Å². The van der Waals surface area contributed by atoms with Gasteiger partial charge in [0, 0.05) is 0 Å². The van der Waals surface area contributed by atoms with Crippen LogP contribution in [-0.2, 0) is 5.32 Å². The van der Waals surface area contributed by atoms with Crippen molar-refractivity contribution in [2.24, 2.45) is 0 Å². The molecule has 1 heteroatoms. The Morgan fingerprint density at radius 2 is 1.39 bits per heavy atom. The third kappa shape index (κ3) is 2.48. The summed E-state index contributed by atoms with van der Waals surface area (Å²) in [7, 11) is 0. The zero-order chi connectivity index (χ0) is 12.2. The summed E-state index contributed by atoms with van der Waals surface area (Å²) < 4.78 is 1.50. The second-order valence-corrected chi connectivity index (χ2v) is 6.39. The van der Waals surface area contributed by atoms with Gasteiger partial charge in [-0.2, -0.15) is 0 Å². The van der Waals surface area contributed by atoms with Gasteiger partial charge in [-0.15, -0.1) is 0 Å². The molecule has 0 saturated carbocycles. The third-order valence-corrected chi connectivity index (χ3v) is 5.39. The van der Waals surface area contributed by atoms with Crippen LogP contribution in [0.25, 0.3) is 10.8 Å². The molecule has 0 radical (unpaired) electrons. The third-order valence-electron chi connectivity index (χ3n) is 2.99. The van der Waals surface area contributed by atoms with Crippen molar-refractivity contribution in [2.45, 2.75) is 5.32 Å². The van der Waals surface area contributed by atoms with E-state index in [1.807, 2.05) is 0 Å². The van der Waals surface area contributed by atoms with Gasteiger partial charge in [-0.3, -0.25) is 0 Å². The van der Waals surface area contributed by atoms with Crippen LogP contribution in [0.2, 0.25) is 0 Å². The molecule has 0 aliphatic rings. The molecule has 18 heavy (non-hydrogen) atoms. The van der Waals surface area contributed by atoms with Crippen LogP contribution in [0.5, 0.6) is 0 Å². The van der Waals surface area contributed by atoms with Crippen LogP contribution in [0.15, 0.2) is 72.8 Å². The van der Waals surface area contributed by atoms with Crippen molar-refractivity contribution in [3.63, 3.8) is 0 Å². The normalized spacial score (nSPS) is 10.7. The Balaban J connectivity index is 1.87. The maximum atomic E-state index is 2.27. The molecule has 3 aromatic rings. The Labute approximate surface area is 114 Å². The SMILES string of the molecule is c1ccc(C[Se]c2cccc3ccccc23)cc1. The Bertz CT molecular complexity index is 639. The van der Waals surface area contributed by atoms with Gasteiger partial charge < -0.3 is 0 Å². The van der Waals surface area contributed by atoms with E-state index < -0.39 is 0 Å². The van der Waals surface area contributed by atoms with Crippen LogP contribution in [0.1, 0.15) is 5.56 Å². The Hall–Kier alpha value is -1.56. The summed E-state index contributed by atoms with van der Waals surface area (Å²) in [6, 6.07) is 26.0. The first-order valence-electron chi connectivity index (χ1n) is 6.08. The number of hydrogen-bond acceptors (Lipinski definition) is 0. The van der Waals surface area contributed by atoms with Crippen LogP contribution < -0.4 is 4.46 Å². The minimum absolute atomic E-state index is 0.502. The quantitative estimate of drug-likeness (QED) is 0.650. The number of fused-ring (bicyclic) bond motifs is 1. The molecular weight excluding hydrogens is 283 g/mol. The molecule has 0 amide bonds. The molecule has 0 atom stereocenters. The van der Waals surface area contributed by atoms with Gasteiger partial charge in [-0.05, 0) is 0 Å². The van der Waals surface area contributed by atoms with E-state index >= 15 is 0 Å². The molecule has 0 spiro atoms. The molecule has 0 unspecified atom stereocenters. The molecule has 88 valence electrons. The summed E-state index contributed by atoms with van der Waals surface area (Å²) in [4.78, 5) is 0. The molecule has 3 rings (SSSR count). The second-order valence-electron chi connectivity index (χ2n) is 4.25. The van der Waals surface area contributed by atoms with Crippen molar-refractivity contribution in [3.8, 4) is 0 Å². The van der Waals surface area contributed by atoms with Crippen molar-refractivity contribution in [1.82, 2.24) is 0 Å². The van der Waals surface area contributed by atoms with Crippen LogP contribution in [0, 0.1) is 0 Å². The maximum absolute atomic E-state index is 2.27. The van der Waals surface area contributed by atoms with Gasteiger partial charge in [0.25, 0.3) is 0 Å². The van der Waals surface area contributed by atoms with Crippen LogP contribution in [0.3, 0.4) is 0 Å². The van der Waals surface area contributed by atoms with E-state index in [0.717, 1.165) is 0 Å². The van der Waals surface area contributed by atoms with E-state index in [4.69, 9.17) is 0 Å². The van der Waals surface area contributed by atoms with Gasteiger partial charge in [-0.1, -0.05) is 0 Å². The summed E-state index contributed by atoms with van der Waals surface area (Å²) in [5, 5.41) is 3.93. The van der Waals surface area contributed by atoms with Crippen LogP contribution >= 0.6 is 0 Å². The van der Waals surface area contributed by atoms with E-state index in [1.165, 1.54) is 26.1 Å². The van der Waals surface area contributed by atoms with Crippen molar-refractivity contribution in [2.75, 3.05) is 0 Å². The zero-order valence-electron chi connectivity index (χ0n) is 10.0. The predicted molar refractivity (Wildman–Crippen MR) is 79.5 cm³/mol. The van der Waals surface area contributed by atoms with Gasteiger partial charge in [0.2, 0.25) is 0 Å². The molecule has 0 nitrogen and oxygen atoms in total. The Kier molecular flexibility index (Phi) is 3.45. The van der Waals surface area contributed by atoms with Crippen LogP contribution in [-0.4, -0.2) is 15.0 Å². The number of rotatable bonds is 3. The molecule has 0 heterocycles. The van der Waals surface area contributed by atoms with E-state index in [-0.39, 0.29) is 0 Å². The van der Waals surface area contributed by atoms with Crippen molar-refractivity contribution in [3.05, 3.63) is 78.4 Å². The molecule has 0 fully saturated rings. The predicted octanol–water partition coefficient (Wildman–Crippen LogP) is 3.37. The molecule has 0 aliphatic carbocycles. The first-order valence-corrected chi connectivity index (χ1v) is 8.15. The average molecular weight is 297 g/mol. The monoisotopic (exact) mass is 298 g/mol. The molecular formula is C17H14Se. The fraction of sp³-hybridized carbons (Fsp3) is 0.0588. The van der Waals surface area contributed by atoms with Gasteiger partial charge in [0.1, 0.15) is 0 Å². The molecule has 0 aromatic heterocycles. The van der Waals surface area contributed by atoms with Gasteiger partial charge in [-0.25, -0.2) is 0 Å². The van der Waals surface area contributed by atoms with Gasteiger partial charge in [0.05, 0.1) is 0 Å². The Morgan fingerprint density at radius 3 is 2.28 bits per heavy atom. The average Bonchev–Trinajstić information content (AvgIpc) is 2.46. The molecule has 0 aliphatic heterocycles. The fourth-order valence-corrected chi connectivity index (χ4v) is 4.22. The second kappa shape index (κ2) is 5.39. The molecule has 3 aromatic carbocycles. The Morgan fingerprint density at radius 1 is 0.667 bits per heavy atom. The number of benzene rings is 3. The minimum atomic E-state index is 0.502. The van der Waals surface area contributed by atoms with Gasteiger partial charge >= 0.3 is 114 Å². The van der Waals surface area contributed by atoms with Crippen LogP contribution in [0.4, 0.5) is 0 Å². The van der Waals surface area contributed by atoms with Crippen molar-refractivity contribution < 1.29 is 0 Å². The summed E-state index contributed by atoms with van der Waals surface area (Å²) in [5.74, 6) is 0. The van der Waals surface area contributed by atoms with Crippen molar-refractivity contribution >= 4 is 30.2 Å². The zero-order valence-corrected chi connectivity index (χ0v) is 11.8. The van der Waals surface area contributed by atoms with Crippen molar-refractivity contribution in [1.29, 1.82) is 0 Å². The standard InChI is InChI=1S/C17H14Se/c1-2-7-14(8-3-1)13-18-17-12-6-10-15-9-4-5-11-16(15)17/h1-12H,13H2. The topological polar surface area (TPSA) is 0 Å². The van der Waals surface area contributed by atoms with E-state index in [0.29, 0.717) is 15.0 Å². The summed E-state index contributed by atoms with van der Waals surface area (Å²) in [6.45, 7) is 0. The van der Waals surface area contributed by atoms with E-state index in [2.05, 4.69) is 72.8 Å². The molecule has 0 N–H and O–H groups in total. The fourth-order valence-electron chi connectivity index (χ4n) is 2.06. The number of hydrogen-bond donors (Lipinski definition) is 0.